The number of amides is 1. The van der Waals surface area contributed by atoms with Crippen LogP contribution in [0.4, 0.5) is 5.82 Å². The van der Waals surface area contributed by atoms with Crippen molar-refractivity contribution in [3.8, 4) is 11.1 Å². The van der Waals surface area contributed by atoms with Crippen molar-refractivity contribution in [2.24, 2.45) is 0 Å². The Hall–Kier alpha value is -2.43. The van der Waals surface area contributed by atoms with Crippen LogP contribution in [0, 0.1) is 6.92 Å². The molecule has 0 aliphatic rings. The fourth-order valence-corrected chi connectivity index (χ4v) is 2.60. The summed E-state index contributed by atoms with van der Waals surface area (Å²) in [6, 6.07) is 12.6. The molecule has 3 rings (SSSR count). The van der Waals surface area contributed by atoms with Crippen LogP contribution in [-0.2, 0) is 0 Å². The number of anilines is 1. The van der Waals surface area contributed by atoms with Crippen molar-refractivity contribution in [2.45, 2.75) is 6.92 Å². The highest BCUT2D eigenvalue weighted by Gasteiger charge is 2.14. The van der Waals surface area contributed by atoms with Gasteiger partial charge >= 0.3 is 0 Å². The molecule has 0 bridgehead atoms. The molecule has 0 radical (unpaired) electrons. The van der Waals surface area contributed by atoms with Crippen molar-refractivity contribution >= 4 is 34.9 Å². The summed E-state index contributed by atoms with van der Waals surface area (Å²) in [6.07, 6.45) is 3.01. The van der Waals surface area contributed by atoms with Gasteiger partial charge in [0, 0.05) is 17.3 Å². The Balaban J connectivity index is 1.96. The number of benzene rings is 2. The second-order valence-electron chi connectivity index (χ2n) is 5.18. The summed E-state index contributed by atoms with van der Waals surface area (Å²) in [6.45, 7) is 1.88. The van der Waals surface area contributed by atoms with Gasteiger partial charge in [0.15, 0.2) is 0 Å². The predicted molar refractivity (Wildman–Crippen MR) is 96.6 cm³/mol. The fourth-order valence-electron chi connectivity index (χ4n) is 2.31. The highest BCUT2D eigenvalue weighted by atomic mass is 35.5. The number of hydrogen-bond donors (Lipinski definition) is 1. The minimum absolute atomic E-state index is 0.229. The van der Waals surface area contributed by atoms with Gasteiger partial charge in [0.1, 0.15) is 12.1 Å². The number of carbonyl (C=O) groups excluding carboxylic acids is 1. The summed E-state index contributed by atoms with van der Waals surface area (Å²) in [5, 5.41) is 3.72. The van der Waals surface area contributed by atoms with Gasteiger partial charge in [0.05, 0.1) is 10.0 Å². The molecule has 4 nitrogen and oxygen atoms in total. The fraction of sp³-hybridized carbons (Fsp3) is 0.0556. The van der Waals surface area contributed by atoms with E-state index in [4.69, 9.17) is 23.2 Å². The van der Waals surface area contributed by atoms with Crippen molar-refractivity contribution in [2.75, 3.05) is 5.32 Å². The maximum absolute atomic E-state index is 12.5. The Bertz CT molecular complexity index is 912. The number of hydrogen-bond acceptors (Lipinski definition) is 3. The summed E-state index contributed by atoms with van der Waals surface area (Å²) in [4.78, 5) is 20.7. The van der Waals surface area contributed by atoms with E-state index in [0.717, 1.165) is 11.1 Å². The van der Waals surface area contributed by atoms with E-state index in [9.17, 15) is 4.79 Å². The highest BCUT2D eigenvalue weighted by Crippen LogP contribution is 2.31. The Labute approximate surface area is 149 Å². The minimum atomic E-state index is -0.229. The molecule has 0 saturated heterocycles. The van der Waals surface area contributed by atoms with E-state index in [-0.39, 0.29) is 5.91 Å². The van der Waals surface area contributed by atoms with Crippen molar-refractivity contribution in [1.82, 2.24) is 9.97 Å². The van der Waals surface area contributed by atoms with Gasteiger partial charge in [-0.2, -0.15) is 0 Å². The molecule has 0 saturated carbocycles. The Morgan fingerprint density at radius 1 is 1.08 bits per heavy atom. The van der Waals surface area contributed by atoms with Gasteiger partial charge in [-0.25, -0.2) is 9.97 Å². The van der Waals surface area contributed by atoms with E-state index in [2.05, 4.69) is 15.3 Å². The largest absolute Gasteiger partial charge is 0.306 e. The first kappa shape index (κ1) is 16.4. The molecule has 1 aromatic heterocycles. The summed E-state index contributed by atoms with van der Waals surface area (Å²) >= 11 is 12.0. The van der Waals surface area contributed by atoms with Gasteiger partial charge in [-0.3, -0.25) is 4.79 Å². The molecule has 2 aromatic carbocycles. The summed E-state index contributed by atoms with van der Waals surface area (Å²) in [5.74, 6) is 0.185. The zero-order valence-corrected chi connectivity index (χ0v) is 14.3. The lowest BCUT2D eigenvalue weighted by Gasteiger charge is -2.11. The zero-order valence-electron chi connectivity index (χ0n) is 12.8. The molecule has 3 aromatic rings. The number of nitrogens with one attached hydrogen (secondary N) is 1. The van der Waals surface area contributed by atoms with Gasteiger partial charge in [-0.15, -0.1) is 0 Å². The van der Waals surface area contributed by atoms with E-state index in [1.165, 1.54) is 6.33 Å². The van der Waals surface area contributed by atoms with Crippen molar-refractivity contribution < 1.29 is 4.79 Å². The van der Waals surface area contributed by atoms with Crippen LogP contribution in [-0.4, -0.2) is 15.9 Å². The first-order valence-corrected chi connectivity index (χ1v) is 7.94. The quantitative estimate of drug-likeness (QED) is 0.716. The zero-order chi connectivity index (χ0) is 17.1. The molecule has 1 N–H and O–H groups in total. The van der Waals surface area contributed by atoms with Crippen LogP contribution >= 0.6 is 23.2 Å². The predicted octanol–water partition coefficient (Wildman–Crippen LogP) is 5.01. The van der Waals surface area contributed by atoms with Crippen LogP contribution in [0.2, 0.25) is 10.0 Å². The molecule has 0 unspecified atom stereocenters. The second kappa shape index (κ2) is 6.99. The molecular weight excluding hydrogens is 345 g/mol. The molecule has 1 heterocycles. The maximum atomic E-state index is 12.5. The maximum Gasteiger partial charge on any atom is 0.257 e. The van der Waals surface area contributed by atoms with Crippen LogP contribution in [0.25, 0.3) is 11.1 Å². The molecule has 0 atom stereocenters. The molecule has 24 heavy (non-hydrogen) atoms. The molecule has 120 valence electrons. The summed E-state index contributed by atoms with van der Waals surface area (Å²) in [5.41, 5.74) is 2.92. The SMILES string of the molecule is Cc1ccccc1C(=O)Nc1ncncc1-c1ccc(Cl)c(Cl)c1. The lowest BCUT2D eigenvalue weighted by Crippen LogP contribution is -2.15. The van der Waals surface area contributed by atoms with Gasteiger partial charge < -0.3 is 5.32 Å². The third-order valence-electron chi connectivity index (χ3n) is 3.56. The minimum Gasteiger partial charge on any atom is -0.306 e. The lowest BCUT2D eigenvalue weighted by atomic mass is 10.1. The first-order valence-electron chi connectivity index (χ1n) is 7.18. The first-order chi connectivity index (χ1) is 11.6. The van der Waals surface area contributed by atoms with E-state index in [1.807, 2.05) is 25.1 Å². The Kier molecular flexibility index (Phi) is 4.79. The van der Waals surface area contributed by atoms with E-state index in [0.29, 0.717) is 27.0 Å². The molecule has 0 fully saturated rings. The average Bonchev–Trinajstić information content (AvgIpc) is 2.58. The lowest BCUT2D eigenvalue weighted by molar-refractivity contribution is 0.102. The third kappa shape index (κ3) is 3.40. The van der Waals surface area contributed by atoms with Crippen LogP contribution < -0.4 is 5.32 Å². The van der Waals surface area contributed by atoms with E-state index >= 15 is 0 Å². The monoisotopic (exact) mass is 357 g/mol. The highest BCUT2D eigenvalue weighted by molar-refractivity contribution is 6.42. The summed E-state index contributed by atoms with van der Waals surface area (Å²) < 4.78 is 0. The number of nitrogens with zero attached hydrogens (tertiary/aromatic N) is 2. The van der Waals surface area contributed by atoms with Crippen LogP contribution in [0.1, 0.15) is 15.9 Å². The van der Waals surface area contributed by atoms with Crippen molar-refractivity contribution in [3.05, 3.63) is 76.2 Å². The van der Waals surface area contributed by atoms with E-state index in [1.54, 1.807) is 30.5 Å². The normalized spacial score (nSPS) is 10.5. The van der Waals surface area contributed by atoms with Crippen LogP contribution in [0.3, 0.4) is 0 Å². The van der Waals surface area contributed by atoms with Gasteiger partial charge in [-0.1, -0.05) is 47.5 Å². The molecule has 6 heteroatoms. The number of halogens is 2. The molecule has 0 spiro atoms. The van der Waals surface area contributed by atoms with Gasteiger partial charge in [0.2, 0.25) is 0 Å². The number of carbonyl (C=O) groups is 1. The van der Waals surface area contributed by atoms with Gasteiger partial charge in [0.25, 0.3) is 5.91 Å². The van der Waals surface area contributed by atoms with Gasteiger partial charge in [-0.05, 0) is 36.2 Å². The smallest absolute Gasteiger partial charge is 0.257 e. The molecule has 1 amide bonds. The van der Waals surface area contributed by atoms with Crippen LogP contribution in [0.15, 0.2) is 55.0 Å². The van der Waals surface area contributed by atoms with Crippen molar-refractivity contribution in [3.63, 3.8) is 0 Å². The number of rotatable bonds is 3. The Morgan fingerprint density at radius 2 is 1.88 bits per heavy atom. The molecule has 0 aliphatic heterocycles. The third-order valence-corrected chi connectivity index (χ3v) is 4.30. The average molecular weight is 358 g/mol. The Morgan fingerprint density at radius 3 is 2.62 bits per heavy atom. The van der Waals surface area contributed by atoms with E-state index < -0.39 is 0 Å². The second-order valence-corrected chi connectivity index (χ2v) is 6.00. The standard InChI is InChI=1S/C18H13Cl2N3O/c1-11-4-2-3-5-13(11)18(24)23-17-14(9-21-10-22-17)12-6-7-15(19)16(20)8-12/h2-10H,1H3,(H,21,22,23,24). The summed E-state index contributed by atoms with van der Waals surface area (Å²) in [7, 11) is 0. The molecular formula is C18H13Cl2N3O. The molecule has 0 aliphatic carbocycles. The number of aromatic nitrogens is 2. The van der Waals surface area contributed by atoms with Crippen molar-refractivity contribution in [1.29, 1.82) is 0 Å². The van der Waals surface area contributed by atoms with Crippen LogP contribution in [0.5, 0.6) is 0 Å². The topological polar surface area (TPSA) is 54.9 Å². The number of aryl methyl sites for hydroxylation is 1.